The number of rotatable bonds is 10. The molecule has 8 heteroatoms. The summed E-state index contributed by atoms with van der Waals surface area (Å²) in [6.07, 6.45) is -4.58. The third-order valence-electron chi connectivity index (χ3n) is 4.24. The first kappa shape index (κ1) is 22.7. The number of halogens is 3. The lowest BCUT2D eigenvalue weighted by Crippen LogP contribution is -2.33. The van der Waals surface area contributed by atoms with Crippen LogP contribution < -0.4 is 15.4 Å². The van der Waals surface area contributed by atoms with Crippen LogP contribution in [0, 0.1) is 0 Å². The van der Waals surface area contributed by atoms with Gasteiger partial charge >= 0.3 is 6.18 Å². The molecule has 0 saturated carbocycles. The van der Waals surface area contributed by atoms with Gasteiger partial charge in [0, 0.05) is 39.2 Å². The normalized spacial score (nSPS) is 12.4. The minimum atomic E-state index is -4.33. The van der Waals surface area contributed by atoms with Gasteiger partial charge in [-0.2, -0.15) is 13.2 Å². The van der Waals surface area contributed by atoms with E-state index >= 15 is 0 Å². The van der Waals surface area contributed by atoms with Gasteiger partial charge in [-0.3, -0.25) is 4.79 Å². The van der Waals surface area contributed by atoms with Crippen LogP contribution in [-0.4, -0.2) is 32.3 Å². The number of hydrogen-bond donors (Lipinski definition) is 2. The van der Waals surface area contributed by atoms with Gasteiger partial charge in [0.25, 0.3) is 0 Å². The largest absolute Gasteiger partial charge is 0.490 e. The topological polar surface area (TPSA) is 59.6 Å². The quantitative estimate of drug-likeness (QED) is 0.629. The van der Waals surface area contributed by atoms with Crippen LogP contribution in [0.25, 0.3) is 0 Å². The fourth-order valence-electron chi connectivity index (χ4n) is 2.59. The maximum absolute atomic E-state index is 12.6. The molecule has 1 atom stereocenters. The Balaban J connectivity index is 1.82. The molecule has 0 aliphatic rings. The molecule has 5 nitrogen and oxygen atoms in total. The number of hydrogen-bond acceptors (Lipinski definition) is 4. The van der Waals surface area contributed by atoms with Crippen LogP contribution in [0.4, 0.5) is 13.2 Å². The van der Waals surface area contributed by atoms with Gasteiger partial charge in [-0.15, -0.1) is 0 Å². The van der Waals surface area contributed by atoms with Crippen molar-refractivity contribution >= 4 is 5.91 Å². The van der Waals surface area contributed by atoms with Crippen LogP contribution >= 0.6 is 0 Å². The molecule has 0 bridgehead atoms. The monoisotopic (exact) mass is 410 g/mol. The summed E-state index contributed by atoms with van der Waals surface area (Å²) in [5, 5.41) is 5.90. The van der Waals surface area contributed by atoms with Crippen molar-refractivity contribution in [2.24, 2.45) is 0 Å². The molecule has 2 rings (SSSR count). The van der Waals surface area contributed by atoms with Crippen molar-refractivity contribution in [3.63, 3.8) is 0 Å². The highest BCUT2D eigenvalue weighted by Gasteiger charge is 2.29. The van der Waals surface area contributed by atoms with E-state index in [1.165, 1.54) is 19.1 Å². The third-order valence-corrected chi connectivity index (χ3v) is 4.24. The molecular weight excluding hydrogens is 385 g/mol. The van der Waals surface area contributed by atoms with Crippen molar-refractivity contribution in [3.05, 3.63) is 65.2 Å². The number of carbonyl (C=O) groups excluding carboxylic acids is 1. The zero-order valence-electron chi connectivity index (χ0n) is 16.4. The molecule has 1 amide bonds. The molecule has 2 aromatic carbocycles. The van der Waals surface area contributed by atoms with E-state index in [2.05, 4.69) is 10.6 Å². The molecule has 0 aromatic heterocycles. The van der Waals surface area contributed by atoms with E-state index in [1.54, 1.807) is 7.11 Å². The van der Waals surface area contributed by atoms with E-state index in [4.69, 9.17) is 9.47 Å². The van der Waals surface area contributed by atoms with Crippen molar-refractivity contribution in [2.45, 2.75) is 32.3 Å². The van der Waals surface area contributed by atoms with E-state index in [0.717, 1.165) is 23.3 Å². The molecule has 158 valence electrons. The van der Waals surface area contributed by atoms with Crippen molar-refractivity contribution in [2.75, 3.05) is 20.3 Å². The maximum Gasteiger partial charge on any atom is 0.416 e. The molecule has 0 saturated heterocycles. The summed E-state index contributed by atoms with van der Waals surface area (Å²) in [5.74, 6) is 0.535. The van der Waals surface area contributed by atoms with Crippen LogP contribution in [-0.2, 0) is 28.8 Å². The molecule has 0 radical (unpaired) electrons. The van der Waals surface area contributed by atoms with Gasteiger partial charge in [-0.05, 0) is 23.8 Å². The van der Waals surface area contributed by atoms with Crippen molar-refractivity contribution in [3.8, 4) is 5.75 Å². The van der Waals surface area contributed by atoms with Crippen LogP contribution in [0.5, 0.6) is 5.75 Å². The van der Waals surface area contributed by atoms with E-state index < -0.39 is 11.7 Å². The van der Waals surface area contributed by atoms with Crippen LogP contribution in [0.15, 0.2) is 48.5 Å². The second-order valence-electron chi connectivity index (χ2n) is 6.51. The SMILES string of the molecule is COC(CNCc1ccc(C(F)(F)F)cc1)COc1ccccc1CNC(C)=O. The Hall–Kier alpha value is -2.58. The molecule has 1 unspecified atom stereocenters. The zero-order chi connectivity index (χ0) is 21.3. The lowest BCUT2D eigenvalue weighted by molar-refractivity contribution is -0.137. The Labute approximate surface area is 168 Å². The number of methoxy groups -OCH3 is 1. The smallest absolute Gasteiger partial charge is 0.416 e. The number of amides is 1. The van der Waals surface area contributed by atoms with Crippen molar-refractivity contribution < 1.29 is 27.4 Å². The molecule has 0 aliphatic heterocycles. The Morgan fingerprint density at radius 2 is 1.76 bits per heavy atom. The summed E-state index contributed by atoms with van der Waals surface area (Å²) in [6, 6.07) is 12.4. The van der Waals surface area contributed by atoms with E-state index in [-0.39, 0.29) is 18.6 Å². The Morgan fingerprint density at radius 1 is 1.07 bits per heavy atom. The second kappa shape index (κ2) is 10.8. The van der Waals surface area contributed by atoms with Crippen molar-refractivity contribution in [1.82, 2.24) is 10.6 Å². The van der Waals surface area contributed by atoms with Crippen LogP contribution in [0.3, 0.4) is 0 Å². The predicted octanol–water partition coefficient (Wildman–Crippen LogP) is 3.53. The summed E-state index contributed by atoms with van der Waals surface area (Å²) in [4.78, 5) is 11.1. The fourth-order valence-corrected chi connectivity index (χ4v) is 2.59. The average molecular weight is 410 g/mol. The average Bonchev–Trinajstić information content (AvgIpc) is 2.69. The number of alkyl halides is 3. The summed E-state index contributed by atoms with van der Waals surface area (Å²) < 4.78 is 49.0. The van der Waals surface area contributed by atoms with Gasteiger partial charge in [0.15, 0.2) is 0 Å². The summed E-state index contributed by atoms with van der Waals surface area (Å²) in [7, 11) is 1.57. The Bertz CT molecular complexity index is 779. The molecule has 0 fully saturated rings. The first-order valence-electron chi connectivity index (χ1n) is 9.14. The minimum absolute atomic E-state index is 0.123. The highest BCUT2D eigenvalue weighted by molar-refractivity contribution is 5.72. The first-order valence-corrected chi connectivity index (χ1v) is 9.14. The van der Waals surface area contributed by atoms with E-state index in [0.29, 0.717) is 25.4 Å². The lowest BCUT2D eigenvalue weighted by atomic mass is 10.1. The molecule has 2 aromatic rings. The maximum atomic E-state index is 12.6. The minimum Gasteiger partial charge on any atom is -0.490 e. The molecule has 0 spiro atoms. The predicted molar refractivity (Wildman–Crippen MR) is 103 cm³/mol. The van der Waals surface area contributed by atoms with Gasteiger partial charge in [0.2, 0.25) is 5.91 Å². The fraction of sp³-hybridized carbons (Fsp3) is 0.381. The van der Waals surface area contributed by atoms with Crippen LogP contribution in [0.2, 0.25) is 0 Å². The molecule has 29 heavy (non-hydrogen) atoms. The molecular formula is C21H25F3N2O3. The lowest BCUT2D eigenvalue weighted by Gasteiger charge is -2.18. The summed E-state index contributed by atoms with van der Waals surface area (Å²) in [6.45, 7) is 2.98. The van der Waals surface area contributed by atoms with Crippen LogP contribution in [0.1, 0.15) is 23.6 Å². The number of carbonyl (C=O) groups is 1. The van der Waals surface area contributed by atoms with Gasteiger partial charge in [0.05, 0.1) is 5.56 Å². The highest BCUT2D eigenvalue weighted by Crippen LogP contribution is 2.29. The van der Waals surface area contributed by atoms with E-state index in [1.807, 2.05) is 24.3 Å². The second-order valence-corrected chi connectivity index (χ2v) is 6.51. The Morgan fingerprint density at radius 3 is 2.38 bits per heavy atom. The van der Waals surface area contributed by atoms with Gasteiger partial charge in [0.1, 0.15) is 18.5 Å². The van der Waals surface area contributed by atoms with Gasteiger partial charge < -0.3 is 20.1 Å². The molecule has 2 N–H and O–H groups in total. The summed E-state index contributed by atoms with van der Waals surface area (Å²) >= 11 is 0. The van der Waals surface area contributed by atoms with Gasteiger partial charge in [-0.25, -0.2) is 0 Å². The number of benzene rings is 2. The number of para-hydroxylation sites is 1. The Kier molecular flexibility index (Phi) is 8.48. The van der Waals surface area contributed by atoms with Gasteiger partial charge in [-0.1, -0.05) is 30.3 Å². The molecule has 0 aliphatic carbocycles. The highest BCUT2D eigenvalue weighted by atomic mass is 19.4. The number of ether oxygens (including phenoxy) is 2. The number of nitrogens with one attached hydrogen (secondary N) is 2. The first-order chi connectivity index (χ1) is 13.8. The zero-order valence-corrected chi connectivity index (χ0v) is 16.4. The molecule has 0 heterocycles. The van der Waals surface area contributed by atoms with E-state index in [9.17, 15) is 18.0 Å². The summed E-state index contributed by atoms with van der Waals surface area (Å²) in [5.41, 5.74) is 0.937. The van der Waals surface area contributed by atoms with Crippen molar-refractivity contribution in [1.29, 1.82) is 0 Å². The standard InChI is InChI=1S/C21H25F3N2O3/c1-15(27)26-12-17-5-3-4-6-20(17)29-14-19(28-2)13-25-11-16-7-9-18(10-8-16)21(22,23)24/h3-10,19,25H,11-14H2,1-2H3,(H,26,27). The third kappa shape index (κ3) is 7.75.